The van der Waals surface area contributed by atoms with Crippen molar-refractivity contribution >= 4 is 45.0 Å². The molecule has 0 aliphatic heterocycles. The molecule has 0 unspecified atom stereocenters. The highest BCUT2D eigenvalue weighted by atomic mass is 32.2. The smallest absolute Gasteiger partial charge is 0.235 e. The number of benzene rings is 1. The minimum atomic E-state index is -0.0885. The van der Waals surface area contributed by atoms with Gasteiger partial charge in [0.2, 0.25) is 5.91 Å². The minimum Gasteiger partial charge on any atom is -0.360 e. The van der Waals surface area contributed by atoms with Crippen LogP contribution in [0.15, 0.2) is 34.9 Å². The molecule has 1 N–H and O–H groups in total. The molecule has 0 fully saturated rings. The Kier molecular flexibility index (Phi) is 4.21. The van der Waals surface area contributed by atoms with Crippen LogP contribution in [-0.2, 0) is 10.5 Å². The fraction of sp³-hybridized carbons (Fsp3) is 0.214. The van der Waals surface area contributed by atoms with Crippen LogP contribution in [0.4, 0.5) is 5.82 Å². The molecule has 0 bridgehead atoms. The molecule has 3 aromatic rings. The number of amides is 1. The number of hydrogen-bond donors (Lipinski definition) is 1. The average Bonchev–Trinajstić information content (AvgIpc) is 3.04. The van der Waals surface area contributed by atoms with Gasteiger partial charge in [0, 0.05) is 11.8 Å². The number of nitrogens with one attached hydrogen (secondary N) is 1. The number of para-hydroxylation sites is 1. The number of hydrogen-bond acceptors (Lipinski definition) is 6. The normalized spacial score (nSPS) is 10.9. The summed E-state index contributed by atoms with van der Waals surface area (Å²) in [6.07, 6.45) is 0. The minimum absolute atomic E-state index is 0.0885. The van der Waals surface area contributed by atoms with Crippen LogP contribution in [0, 0.1) is 6.92 Å². The van der Waals surface area contributed by atoms with Crippen molar-refractivity contribution < 1.29 is 9.32 Å². The first-order chi connectivity index (χ1) is 10.2. The number of carbonyl (C=O) groups excluding carboxylic acids is 1. The Morgan fingerprint density at radius 1 is 1.43 bits per heavy atom. The number of carbonyl (C=O) groups is 1. The number of thioether (sulfide) groups is 1. The molecular formula is C14H13N3O2S2. The summed E-state index contributed by atoms with van der Waals surface area (Å²) in [4.78, 5) is 16.3. The van der Waals surface area contributed by atoms with E-state index in [0.717, 1.165) is 16.3 Å². The molecule has 0 aliphatic carbocycles. The van der Waals surface area contributed by atoms with Crippen molar-refractivity contribution in [1.82, 2.24) is 10.1 Å². The maximum absolute atomic E-state index is 11.8. The van der Waals surface area contributed by atoms with E-state index in [1.807, 2.05) is 18.2 Å². The highest BCUT2D eigenvalue weighted by Gasteiger charge is 2.08. The maximum Gasteiger partial charge on any atom is 0.235 e. The van der Waals surface area contributed by atoms with Gasteiger partial charge < -0.3 is 9.84 Å². The summed E-state index contributed by atoms with van der Waals surface area (Å²) in [5.41, 5.74) is 1.01. The lowest BCUT2D eigenvalue weighted by Gasteiger charge is -1.99. The van der Waals surface area contributed by atoms with Crippen LogP contribution in [0.5, 0.6) is 0 Å². The molecule has 1 aromatic carbocycles. The number of thiazole rings is 1. The number of rotatable bonds is 5. The molecule has 0 spiro atoms. The molecule has 2 aromatic heterocycles. The zero-order valence-corrected chi connectivity index (χ0v) is 13.0. The summed E-state index contributed by atoms with van der Waals surface area (Å²) in [5, 5.41) is 7.45. The Balaban J connectivity index is 1.50. The zero-order chi connectivity index (χ0) is 14.7. The molecule has 5 nitrogen and oxygen atoms in total. The van der Waals surface area contributed by atoms with Gasteiger partial charge in [0.1, 0.15) is 10.8 Å². The summed E-state index contributed by atoms with van der Waals surface area (Å²) in [6.45, 7) is 1.78. The number of aryl methyl sites for hydroxylation is 1. The first-order valence-electron chi connectivity index (χ1n) is 6.36. The Bertz CT molecular complexity index is 733. The molecule has 7 heteroatoms. The van der Waals surface area contributed by atoms with Crippen molar-refractivity contribution in [2.24, 2.45) is 0 Å². The summed E-state index contributed by atoms with van der Waals surface area (Å²) in [5.74, 6) is 2.13. The van der Waals surface area contributed by atoms with Gasteiger partial charge in [0.15, 0.2) is 5.82 Å². The van der Waals surface area contributed by atoms with Gasteiger partial charge in [-0.3, -0.25) is 4.79 Å². The second kappa shape index (κ2) is 6.28. The van der Waals surface area contributed by atoms with E-state index in [2.05, 4.69) is 21.5 Å². The lowest BCUT2D eigenvalue weighted by atomic mass is 10.3. The maximum atomic E-state index is 11.8. The molecule has 0 saturated heterocycles. The zero-order valence-electron chi connectivity index (χ0n) is 11.3. The largest absolute Gasteiger partial charge is 0.360 e. The third-order valence-corrected chi connectivity index (χ3v) is 4.86. The van der Waals surface area contributed by atoms with Gasteiger partial charge in [0.05, 0.1) is 16.0 Å². The van der Waals surface area contributed by atoms with E-state index >= 15 is 0 Å². The molecule has 21 heavy (non-hydrogen) atoms. The standard InChI is InChI=1S/C14H13N3O2S2/c1-9-6-12(17-19-9)16-13(18)7-20-8-14-15-10-4-2-3-5-11(10)21-14/h2-6H,7-8H2,1H3,(H,16,17,18). The van der Waals surface area contributed by atoms with Crippen molar-refractivity contribution in [2.75, 3.05) is 11.1 Å². The van der Waals surface area contributed by atoms with Crippen molar-refractivity contribution in [3.05, 3.63) is 41.1 Å². The van der Waals surface area contributed by atoms with Crippen molar-refractivity contribution in [2.45, 2.75) is 12.7 Å². The Morgan fingerprint density at radius 3 is 3.05 bits per heavy atom. The van der Waals surface area contributed by atoms with Gasteiger partial charge in [-0.15, -0.1) is 23.1 Å². The van der Waals surface area contributed by atoms with Gasteiger partial charge in [-0.2, -0.15) is 0 Å². The summed E-state index contributed by atoms with van der Waals surface area (Å²) in [6, 6.07) is 9.73. The van der Waals surface area contributed by atoms with E-state index in [-0.39, 0.29) is 5.91 Å². The average molecular weight is 319 g/mol. The van der Waals surface area contributed by atoms with Gasteiger partial charge in [-0.25, -0.2) is 4.98 Å². The van der Waals surface area contributed by atoms with Gasteiger partial charge in [0.25, 0.3) is 0 Å². The predicted octanol–water partition coefficient (Wildman–Crippen LogP) is 3.46. The summed E-state index contributed by atoms with van der Waals surface area (Å²) >= 11 is 3.20. The lowest BCUT2D eigenvalue weighted by molar-refractivity contribution is -0.113. The van der Waals surface area contributed by atoms with Crippen molar-refractivity contribution in [3.63, 3.8) is 0 Å². The van der Waals surface area contributed by atoms with E-state index in [1.54, 1.807) is 24.3 Å². The Morgan fingerprint density at radius 2 is 2.29 bits per heavy atom. The first-order valence-corrected chi connectivity index (χ1v) is 8.33. The first kappa shape index (κ1) is 14.1. The molecule has 0 saturated carbocycles. The molecular weight excluding hydrogens is 306 g/mol. The molecule has 2 heterocycles. The van der Waals surface area contributed by atoms with Crippen LogP contribution >= 0.6 is 23.1 Å². The fourth-order valence-corrected chi connectivity index (χ4v) is 3.66. The monoisotopic (exact) mass is 319 g/mol. The third kappa shape index (κ3) is 3.62. The molecule has 3 rings (SSSR count). The van der Waals surface area contributed by atoms with E-state index in [9.17, 15) is 4.79 Å². The predicted molar refractivity (Wildman–Crippen MR) is 85.7 cm³/mol. The second-order valence-corrected chi connectivity index (χ2v) is 6.54. The Hall–Kier alpha value is -1.86. The summed E-state index contributed by atoms with van der Waals surface area (Å²) < 4.78 is 6.07. The van der Waals surface area contributed by atoms with Crippen LogP contribution in [0.1, 0.15) is 10.8 Å². The van der Waals surface area contributed by atoms with Gasteiger partial charge in [-0.1, -0.05) is 17.3 Å². The van der Waals surface area contributed by atoms with Crippen LogP contribution < -0.4 is 5.32 Å². The summed E-state index contributed by atoms with van der Waals surface area (Å²) in [7, 11) is 0. The molecule has 0 aliphatic rings. The van der Waals surface area contributed by atoms with Crippen LogP contribution in [0.3, 0.4) is 0 Å². The molecule has 1 amide bonds. The topological polar surface area (TPSA) is 68.0 Å². The quantitative estimate of drug-likeness (QED) is 0.780. The molecule has 0 atom stereocenters. The van der Waals surface area contributed by atoms with Crippen molar-refractivity contribution in [3.8, 4) is 0 Å². The second-order valence-electron chi connectivity index (χ2n) is 4.44. The fourth-order valence-electron chi connectivity index (χ4n) is 1.82. The lowest BCUT2D eigenvalue weighted by Crippen LogP contribution is -2.14. The van der Waals surface area contributed by atoms with Gasteiger partial charge >= 0.3 is 0 Å². The van der Waals surface area contributed by atoms with Gasteiger partial charge in [-0.05, 0) is 19.1 Å². The third-order valence-electron chi connectivity index (χ3n) is 2.69. The van der Waals surface area contributed by atoms with Crippen LogP contribution in [-0.4, -0.2) is 21.8 Å². The number of fused-ring (bicyclic) bond motifs is 1. The van der Waals surface area contributed by atoms with Crippen LogP contribution in [0.25, 0.3) is 10.2 Å². The molecule has 108 valence electrons. The Labute approximate surface area is 129 Å². The highest BCUT2D eigenvalue weighted by Crippen LogP contribution is 2.24. The number of anilines is 1. The molecule has 0 radical (unpaired) electrons. The SMILES string of the molecule is Cc1cc(NC(=O)CSCc2nc3ccccc3s2)no1. The van der Waals surface area contributed by atoms with E-state index < -0.39 is 0 Å². The van der Waals surface area contributed by atoms with E-state index in [0.29, 0.717) is 17.3 Å². The highest BCUT2D eigenvalue weighted by molar-refractivity contribution is 7.99. The van der Waals surface area contributed by atoms with Crippen LogP contribution in [0.2, 0.25) is 0 Å². The number of nitrogens with zero attached hydrogens (tertiary/aromatic N) is 2. The van der Waals surface area contributed by atoms with E-state index in [1.165, 1.54) is 16.5 Å². The van der Waals surface area contributed by atoms with E-state index in [4.69, 9.17) is 4.52 Å². The van der Waals surface area contributed by atoms with Crippen molar-refractivity contribution in [1.29, 1.82) is 0 Å². The number of aromatic nitrogens is 2.